The Morgan fingerprint density at radius 2 is 2.43 bits per heavy atom. The monoisotopic (exact) mass is 219 g/mol. The number of aromatic nitrogens is 2. The van der Waals surface area contributed by atoms with Gasteiger partial charge in [0.15, 0.2) is 11.6 Å². The summed E-state index contributed by atoms with van der Waals surface area (Å²) < 4.78 is 17.8. The van der Waals surface area contributed by atoms with Crippen LogP contribution in [0.1, 0.15) is 6.42 Å². The van der Waals surface area contributed by atoms with Gasteiger partial charge in [0.1, 0.15) is 0 Å². The van der Waals surface area contributed by atoms with Crippen LogP contribution < -0.4 is 5.32 Å². The Morgan fingerprint density at radius 3 is 3.14 bits per heavy atom. The van der Waals surface area contributed by atoms with Gasteiger partial charge in [-0.1, -0.05) is 0 Å². The number of methoxy groups -OCH3 is 1. The highest BCUT2D eigenvalue weighted by molar-refractivity contribution is 6.28. The van der Waals surface area contributed by atoms with Crippen molar-refractivity contribution in [3.05, 3.63) is 17.3 Å². The summed E-state index contributed by atoms with van der Waals surface area (Å²) in [5, 5.41) is 2.83. The van der Waals surface area contributed by atoms with Crippen LogP contribution in [0.3, 0.4) is 0 Å². The molecule has 0 amide bonds. The van der Waals surface area contributed by atoms with E-state index in [1.54, 1.807) is 7.11 Å². The van der Waals surface area contributed by atoms with Gasteiger partial charge < -0.3 is 10.1 Å². The zero-order chi connectivity index (χ0) is 10.4. The van der Waals surface area contributed by atoms with Crippen LogP contribution in [0.2, 0.25) is 5.28 Å². The maximum atomic E-state index is 13.0. The maximum absolute atomic E-state index is 13.0. The third kappa shape index (κ3) is 3.43. The number of nitrogens with one attached hydrogen (secondary N) is 1. The van der Waals surface area contributed by atoms with Gasteiger partial charge in [-0.25, -0.2) is 9.37 Å². The van der Waals surface area contributed by atoms with Gasteiger partial charge in [0.05, 0.1) is 6.20 Å². The lowest BCUT2D eigenvalue weighted by molar-refractivity contribution is 0.197. The van der Waals surface area contributed by atoms with Crippen LogP contribution in [0, 0.1) is 5.82 Å². The molecular weight excluding hydrogens is 209 g/mol. The van der Waals surface area contributed by atoms with Crippen LogP contribution in [0.5, 0.6) is 0 Å². The average molecular weight is 220 g/mol. The summed E-state index contributed by atoms with van der Waals surface area (Å²) in [6.45, 7) is 1.20. The molecule has 1 aromatic heterocycles. The second-order valence-corrected chi connectivity index (χ2v) is 2.95. The fourth-order valence-electron chi connectivity index (χ4n) is 0.893. The number of rotatable bonds is 5. The lowest BCUT2D eigenvalue weighted by atomic mass is 10.4. The molecule has 0 atom stereocenters. The second-order valence-electron chi connectivity index (χ2n) is 2.61. The van der Waals surface area contributed by atoms with Crippen molar-refractivity contribution >= 4 is 17.4 Å². The van der Waals surface area contributed by atoms with E-state index in [9.17, 15) is 4.39 Å². The molecule has 0 bridgehead atoms. The molecule has 0 saturated carbocycles. The van der Waals surface area contributed by atoms with Gasteiger partial charge in [0, 0.05) is 20.3 Å². The smallest absolute Gasteiger partial charge is 0.224 e. The summed E-state index contributed by atoms with van der Waals surface area (Å²) in [5.41, 5.74) is 0. The number of hydrogen-bond donors (Lipinski definition) is 1. The fourth-order valence-corrected chi connectivity index (χ4v) is 1.03. The van der Waals surface area contributed by atoms with E-state index in [0.29, 0.717) is 13.2 Å². The minimum absolute atomic E-state index is 0.0284. The second kappa shape index (κ2) is 5.72. The molecule has 0 aliphatic rings. The molecule has 0 aliphatic carbocycles. The molecule has 1 rings (SSSR count). The summed E-state index contributed by atoms with van der Waals surface area (Å²) in [5.74, 6) is -0.382. The van der Waals surface area contributed by atoms with Gasteiger partial charge in [0.2, 0.25) is 5.28 Å². The normalized spacial score (nSPS) is 10.2. The molecule has 1 N–H and O–H groups in total. The minimum atomic E-state index is -0.508. The molecule has 1 aromatic rings. The number of nitrogens with zero attached hydrogens (tertiary/aromatic N) is 2. The molecule has 14 heavy (non-hydrogen) atoms. The van der Waals surface area contributed by atoms with Crippen molar-refractivity contribution in [1.82, 2.24) is 9.97 Å². The first kappa shape index (κ1) is 11.1. The van der Waals surface area contributed by atoms with E-state index in [2.05, 4.69) is 15.3 Å². The van der Waals surface area contributed by atoms with Gasteiger partial charge in [-0.05, 0) is 18.0 Å². The summed E-state index contributed by atoms with van der Waals surface area (Å²) in [4.78, 5) is 7.20. The minimum Gasteiger partial charge on any atom is -0.385 e. The third-order valence-corrected chi connectivity index (χ3v) is 1.71. The number of halogens is 2. The van der Waals surface area contributed by atoms with Crippen LogP contribution in [0.15, 0.2) is 6.20 Å². The van der Waals surface area contributed by atoms with Crippen molar-refractivity contribution in [2.75, 3.05) is 25.6 Å². The summed E-state index contributed by atoms with van der Waals surface area (Å²) in [7, 11) is 1.61. The molecule has 1 heterocycles. The van der Waals surface area contributed by atoms with Crippen molar-refractivity contribution in [3.8, 4) is 0 Å². The first-order valence-corrected chi connectivity index (χ1v) is 4.52. The van der Waals surface area contributed by atoms with E-state index in [0.717, 1.165) is 12.6 Å². The van der Waals surface area contributed by atoms with E-state index in [1.807, 2.05) is 0 Å². The first-order valence-electron chi connectivity index (χ1n) is 4.15. The molecule has 78 valence electrons. The van der Waals surface area contributed by atoms with Crippen LogP contribution in [0.4, 0.5) is 10.2 Å². The maximum Gasteiger partial charge on any atom is 0.224 e. The third-order valence-electron chi connectivity index (χ3n) is 1.53. The Bertz CT molecular complexity index is 298. The van der Waals surface area contributed by atoms with Gasteiger partial charge in [-0.15, -0.1) is 0 Å². The first-order chi connectivity index (χ1) is 6.74. The lowest BCUT2D eigenvalue weighted by Crippen LogP contribution is -2.08. The van der Waals surface area contributed by atoms with Crippen LogP contribution in [-0.2, 0) is 4.74 Å². The van der Waals surface area contributed by atoms with Gasteiger partial charge in [-0.2, -0.15) is 4.98 Å². The molecule has 4 nitrogen and oxygen atoms in total. The van der Waals surface area contributed by atoms with E-state index >= 15 is 0 Å². The number of hydrogen-bond acceptors (Lipinski definition) is 4. The molecule has 0 saturated heterocycles. The molecule has 0 spiro atoms. The molecule has 6 heteroatoms. The van der Waals surface area contributed by atoms with Crippen LogP contribution in [0.25, 0.3) is 0 Å². The molecular formula is C8H11ClFN3O. The van der Waals surface area contributed by atoms with E-state index in [1.165, 1.54) is 0 Å². The molecule has 0 aliphatic heterocycles. The van der Waals surface area contributed by atoms with Crippen LogP contribution in [-0.4, -0.2) is 30.2 Å². The van der Waals surface area contributed by atoms with Crippen molar-refractivity contribution in [3.63, 3.8) is 0 Å². The highest BCUT2D eigenvalue weighted by Crippen LogP contribution is 2.11. The zero-order valence-corrected chi connectivity index (χ0v) is 8.51. The predicted octanol–water partition coefficient (Wildman–Crippen LogP) is 1.72. The quantitative estimate of drug-likeness (QED) is 0.605. The summed E-state index contributed by atoms with van der Waals surface area (Å²) in [6.07, 6.45) is 1.81. The average Bonchev–Trinajstić information content (AvgIpc) is 2.18. The number of anilines is 1. The van der Waals surface area contributed by atoms with Crippen molar-refractivity contribution in [2.45, 2.75) is 6.42 Å². The van der Waals surface area contributed by atoms with Gasteiger partial charge in [0.25, 0.3) is 0 Å². The largest absolute Gasteiger partial charge is 0.385 e. The lowest BCUT2D eigenvalue weighted by Gasteiger charge is -2.05. The highest BCUT2D eigenvalue weighted by atomic mass is 35.5. The van der Waals surface area contributed by atoms with E-state index in [4.69, 9.17) is 16.3 Å². The Balaban J connectivity index is 2.45. The Labute approximate surface area is 86.5 Å². The summed E-state index contributed by atoms with van der Waals surface area (Å²) >= 11 is 5.50. The topological polar surface area (TPSA) is 47.0 Å². The van der Waals surface area contributed by atoms with Crippen molar-refractivity contribution in [1.29, 1.82) is 0 Å². The molecule has 0 aromatic carbocycles. The number of ether oxygens (including phenoxy) is 1. The van der Waals surface area contributed by atoms with Crippen molar-refractivity contribution < 1.29 is 9.13 Å². The van der Waals surface area contributed by atoms with E-state index < -0.39 is 5.82 Å². The molecule has 0 radical (unpaired) electrons. The summed E-state index contributed by atoms with van der Waals surface area (Å²) in [6, 6.07) is 0. The standard InChI is InChI=1S/C8H11ClFN3O/c1-14-4-2-3-11-7-6(10)5-12-8(9)13-7/h5H,2-4H2,1H3,(H,11,12,13). The van der Waals surface area contributed by atoms with E-state index in [-0.39, 0.29) is 11.1 Å². The highest BCUT2D eigenvalue weighted by Gasteiger charge is 2.04. The molecule has 0 unspecified atom stereocenters. The van der Waals surface area contributed by atoms with Crippen LogP contribution >= 0.6 is 11.6 Å². The molecule has 0 fully saturated rings. The van der Waals surface area contributed by atoms with Gasteiger partial charge in [-0.3, -0.25) is 0 Å². The van der Waals surface area contributed by atoms with Gasteiger partial charge >= 0.3 is 0 Å². The zero-order valence-electron chi connectivity index (χ0n) is 7.76. The predicted molar refractivity (Wildman–Crippen MR) is 52.0 cm³/mol. The fraction of sp³-hybridized carbons (Fsp3) is 0.500. The Kier molecular flexibility index (Phi) is 4.55. The Morgan fingerprint density at radius 1 is 1.64 bits per heavy atom. The Hall–Kier alpha value is -0.940. The van der Waals surface area contributed by atoms with Crippen molar-refractivity contribution in [2.24, 2.45) is 0 Å². The SMILES string of the molecule is COCCCNc1nc(Cl)ncc1F.